The van der Waals surface area contributed by atoms with Gasteiger partial charge in [-0.2, -0.15) is 0 Å². The Morgan fingerprint density at radius 3 is 0.957 bits per heavy atom. The maximum Gasteiger partial charge on any atom is 0.406 e. The van der Waals surface area contributed by atoms with Crippen LogP contribution in [0, 0.1) is 0 Å². The van der Waals surface area contributed by atoms with E-state index in [0.29, 0.717) is 33.5 Å². The molecular formula is C51H72Cl3N18O18P3. The summed E-state index contributed by atoms with van der Waals surface area (Å²) in [6.07, 6.45) is 0.992. The molecule has 6 aromatic heterocycles. The maximum absolute atomic E-state index is 13.2. The van der Waals surface area contributed by atoms with Gasteiger partial charge in [-0.05, 0) is 83.1 Å². The van der Waals surface area contributed by atoms with Crippen LogP contribution in [0.2, 0.25) is 0 Å². The van der Waals surface area contributed by atoms with Gasteiger partial charge in [0, 0.05) is 0 Å². The minimum Gasteiger partial charge on any atom is -0.462 e. The van der Waals surface area contributed by atoms with Crippen LogP contribution in [0.5, 0.6) is 0 Å². The molecule has 510 valence electrons. The first-order chi connectivity index (χ1) is 43.5. The number of hydrogen-bond donors (Lipinski definition) is 6. The number of rotatable bonds is 15. The summed E-state index contributed by atoms with van der Waals surface area (Å²) >= 11 is 20.6. The molecule has 6 saturated heterocycles. The number of nitrogens with two attached hydrogens (primary N) is 3. The van der Waals surface area contributed by atoms with Crippen molar-refractivity contribution in [3.05, 3.63) is 38.0 Å². The number of imidazole rings is 3. The number of nitrogens with zero attached hydrogens (tertiary/aromatic N) is 12. The lowest BCUT2D eigenvalue weighted by Crippen LogP contribution is -2.47. The van der Waals surface area contributed by atoms with Crippen molar-refractivity contribution >= 4 is 127 Å². The Balaban J connectivity index is 0.000000153. The molecule has 6 aromatic rings. The minimum atomic E-state index is -3.86. The van der Waals surface area contributed by atoms with Crippen LogP contribution < -0.4 is 32.5 Å². The average Bonchev–Trinajstić information content (AvgIpc) is 1.60. The lowest BCUT2D eigenvalue weighted by atomic mass is 10.0. The molecule has 36 nitrogen and oxygen atoms in total. The van der Waals surface area contributed by atoms with E-state index in [4.69, 9.17) is 108 Å². The van der Waals surface area contributed by atoms with E-state index in [9.17, 15) is 28.1 Å². The number of nitrogens with one attached hydrogen (secondary N) is 3. The van der Waals surface area contributed by atoms with E-state index in [0.717, 1.165) is 0 Å². The topological polar surface area (TPSA) is 458 Å². The Labute approximate surface area is 546 Å². The van der Waals surface area contributed by atoms with E-state index in [1.807, 2.05) is 0 Å². The summed E-state index contributed by atoms with van der Waals surface area (Å²) in [6, 6.07) is -2.75. The molecule has 0 aromatic carbocycles. The molecule has 1 unspecified atom stereocenters. The van der Waals surface area contributed by atoms with Gasteiger partial charge in [-0.25, -0.2) is 73.8 Å². The zero-order chi connectivity index (χ0) is 67.7. The molecule has 0 radical (unpaired) electrons. The Morgan fingerprint density at radius 1 is 0.473 bits per heavy atom. The zero-order valence-corrected chi connectivity index (χ0v) is 57.1. The van der Waals surface area contributed by atoms with Crippen molar-refractivity contribution in [2.75, 3.05) is 37.0 Å². The summed E-state index contributed by atoms with van der Waals surface area (Å²) in [6.45, 7) is 19.8. The van der Waals surface area contributed by atoms with Crippen molar-refractivity contribution in [3.8, 4) is 0 Å². The van der Waals surface area contributed by atoms with Gasteiger partial charge in [-0.15, -0.1) is 34.8 Å². The number of anilines is 3. The normalized spacial score (nSPS) is 34.1. The fourth-order valence-electron chi connectivity index (χ4n) is 10.8. The molecule has 9 N–H and O–H groups in total. The number of carbonyl (C=O) groups excluding carboxylic acids is 3. The molecule has 12 rings (SSSR count). The highest BCUT2D eigenvalue weighted by Crippen LogP contribution is 2.61. The molecule has 12 heterocycles. The van der Waals surface area contributed by atoms with E-state index in [1.165, 1.54) is 58.7 Å². The van der Waals surface area contributed by atoms with Crippen LogP contribution in [0.3, 0.4) is 0 Å². The largest absolute Gasteiger partial charge is 0.462 e. The van der Waals surface area contributed by atoms with Crippen LogP contribution in [0.4, 0.5) is 17.5 Å². The number of esters is 3. The molecule has 42 heteroatoms. The number of alkyl halides is 3. The molecule has 0 saturated carbocycles. The predicted molar refractivity (Wildman–Crippen MR) is 330 cm³/mol. The average molecular weight is 1420 g/mol. The van der Waals surface area contributed by atoms with Crippen LogP contribution in [0.15, 0.2) is 38.0 Å². The smallest absolute Gasteiger partial charge is 0.406 e. The number of halogens is 3. The highest BCUT2D eigenvalue weighted by atomic mass is 35.5. The lowest BCUT2D eigenvalue weighted by molar-refractivity contribution is -0.150. The van der Waals surface area contributed by atoms with Crippen LogP contribution in [0.1, 0.15) is 102 Å². The number of nitrogen functional groups attached to an aromatic ring is 3. The number of aromatic nitrogens is 12. The summed E-state index contributed by atoms with van der Waals surface area (Å²) in [4.78, 5) is 69.9. The molecule has 6 aliphatic heterocycles. The van der Waals surface area contributed by atoms with E-state index in [1.54, 1.807) is 76.0 Å². The van der Waals surface area contributed by atoms with Crippen LogP contribution in [-0.2, 0) is 83.6 Å². The molecule has 0 amide bonds. The van der Waals surface area contributed by atoms with Crippen molar-refractivity contribution in [2.24, 2.45) is 0 Å². The van der Waals surface area contributed by atoms with E-state index < -0.39 is 129 Å². The highest BCUT2D eigenvalue weighted by molar-refractivity contribution is 7.52. The summed E-state index contributed by atoms with van der Waals surface area (Å²) < 4.78 is 112. The number of carbonyl (C=O) groups is 3. The molecule has 93 heavy (non-hydrogen) atoms. The molecular weight excluding hydrogens is 1350 g/mol. The van der Waals surface area contributed by atoms with Gasteiger partial charge in [0.2, 0.25) is 0 Å². The standard InChI is InChI=1S/3C17H24ClN6O6P/c3*1-8(2)28-15(25)9(3)23-31(26)27-5-10-12(30-31)17(4,18)16(29-10)24-7-22-11-13(19)20-6-21-14(11)24/h3*6-10,12,16H,5H2,1-4H3,(H,23,26)(H2,19,20,21)/t9-,10-,12-,16-,17-,31?;9-,10-,12-,16-,17-,31+;9-,10-,12-,16-,17-,31-/m111/s1. The highest BCUT2D eigenvalue weighted by Gasteiger charge is 2.63. The van der Waals surface area contributed by atoms with Gasteiger partial charge in [0.15, 0.2) is 53.1 Å². The summed E-state index contributed by atoms with van der Waals surface area (Å²) in [5, 5.41) is 7.81. The Kier molecular flexibility index (Phi) is 20.3. The first kappa shape index (κ1) is 70.3. The second-order valence-electron chi connectivity index (χ2n) is 23.8. The molecule has 6 fully saturated rings. The molecule has 0 spiro atoms. The molecule has 0 bridgehead atoms. The van der Waals surface area contributed by atoms with Crippen LogP contribution in [0.25, 0.3) is 33.5 Å². The fraction of sp³-hybridized carbons (Fsp3) is 0.647. The van der Waals surface area contributed by atoms with Crippen LogP contribution >= 0.6 is 58.0 Å². The van der Waals surface area contributed by atoms with E-state index >= 15 is 0 Å². The number of hydrogen-bond acceptors (Lipinski definition) is 30. The third kappa shape index (κ3) is 14.4. The monoisotopic (exact) mass is 1420 g/mol. The van der Waals surface area contributed by atoms with Crippen molar-refractivity contribution in [1.82, 2.24) is 73.8 Å². The second kappa shape index (κ2) is 26.9. The van der Waals surface area contributed by atoms with Gasteiger partial charge in [-0.3, -0.25) is 55.2 Å². The minimum absolute atomic E-state index is 0.0521. The third-order valence-corrected chi connectivity index (χ3v) is 21.4. The fourth-order valence-corrected chi connectivity index (χ4v) is 17.3. The summed E-state index contributed by atoms with van der Waals surface area (Å²) in [5.74, 6) is -1.04. The van der Waals surface area contributed by atoms with Gasteiger partial charge in [0.25, 0.3) is 0 Å². The van der Waals surface area contributed by atoms with Crippen molar-refractivity contribution in [2.45, 2.75) is 189 Å². The van der Waals surface area contributed by atoms with Crippen molar-refractivity contribution in [1.29, 1.82) is 0 Å². The van der Waals surface area contributed by atoms with Gasteiger partial charge in [0.05, 0.1) is 57.1 Å². The summed E-state index contributed by atoms with van der Waals surface area (Å²) in [5.41, 5.74) is 20.1. The van der Waals surface area contributed by atoms with Crippen molar-refractivity contribution < 1.29 is 83.6 Å². The maximum atomic E-state index is 13.2. The Hall–Kier alpha value is -5.46. The van der Waals surface area contributed by atoms with E-state index in [-0.39, 0.29) is 55.6 Å². The molecule has 0 aliphatic carbocycles. The first-order valence-electron chi connectivity index (χ1n) is 29.1. The zero-order valence-electron chi connectivity index (χ0n) is 52.2. The van der Waals surface area contributed by atoms with Crippen LogP contribution in [-0.4, -0.2) is 184 Å². The second-order valence-corrected chi connectivity index (χ2v) is 31.4. The van der Waals surface area contributed by atoms with Crippen molar-refractivity contribution in [3.63, 3.8) is 0 Å². The third-order valence-electron chi connectivity index (χ3n) is 15.1. The summed E-state index contributed by atoms with van der Waals surface area (Å²) in [7, 11) is -11.6. The number of ether oxygens (including phenoxy) is 6. The molecule has 18 atom stereocenters. The number of fused-ring (bicyclic) bond motifs is 6. The van der Waals surface area contributed by atoms with Gasteiger partial charge in [0.1, 0.15) is 105 Å². The Morgan fingerprint density at radius 2 is 0.720 bits per heavy atom. The first-order valence-corrected chi connectivity index (χ1v) is 34.9. The quantitative estimate of drug-likeness (QED) is 0.0330. The van der Waals surface area contributed by atoms with Gasteiger partial charge in [-0.1, -0.05) is 0 Å². The molecule has 6 aliphatic rings. The van der Waals surface area contributed by atoms with E-state index in [2.05, 4.69) is 60.1 Å². The SMILES string of the molecule is CC(C)OC(=O)[C@@H](C)NP1(=O)OC[C@H]2O[C@@H](n3cnc4c(N)ncnc43)[C@](C)(Cl)[C@@H]2O1.CC(C)OC(=O)[C@@H](C)N[P@@]1(=O)OC[C@H]2O[C@@H](n3cnc4c(N)ncnc43)[C@](C)(Cl)[C@@H]2O1.CC(C)OC(=O)[C@@H](C)N[P@]1(=O)OC[C@H]2O[C@@H](n3cnc4c(N)ncnc43)[C@](C)(Cl)[C@@H]2O1. The predicted octanol–water partition coefficient (Wildman–Crippen LogP) is 5.27. The van der Waals surface area contributed by atoms with Gasteiger partial charge >= 0.3 is 41.1 Å². The Bertz CT molecular complexity index is 3530. The van der Waals surface area contributed by atoms with Gasteiger partial charge < -0.3 is 45.6 Å². The lowest BCUT2D eigenvalue weighted by Gasteiger charge is -2.36.